The molecule has 0 aromatic carbocycles. The predicted octanol–water partition coefficient (Wildman–Crippen LogP) is 0.205. The number of aryl methyl sites for hydroxylation is 2. The summed E-state index contributed by atoms with van der Waals surface area (Å²) in [5.74, 6) is 0.139. The van der Waals surface area contributed by atoms with Crippen LogP contribution in [-0.4, -0.2) is 22.9 Å². The lowest BCUT2D eigenvalue weighted by Crippen LogP contribution is -2.13. The molecule has 0 saturated carbocycles. The van der Waals surface area contributed by atoms with E-state index in [1.165, 1.54) is 7.11 Å². The second kappa shape index (κ2) is 3.01. The molecule has 1 aromatic heterocycles. The Morgan fingerprint density at radius 1 is 1.71 bits per heavy atom. The van der Waals surface area contributed by atoms with Gasteiger partial charge in [0.2, 0.25) is 0 Å². The second-order valence-electron chi connectivity index (χ2n) is 3.48. The molecule has 0 bridgehead atoms. The van der Waals surface area contributed by atoms with Crippen molar-refractivity contribution in [1.29, 1.82) is 0 Å². The standard InChI is InChI=1S/C9H13N3O2/c1-12-8(10)7-5(9(13)14-2)3-4-6(7)11-12/h5H,3-4,10H2,1-2H3. The molecule has 76 valence electrons. The molecule has 1 aromatic rings. The van der Waals surface area contributed by atoms with E-state index in [1.54, 1.807) is 11.7 Å². The first-order chi connectivity index (χ1) is 6.65. The Kier molecular flexibility index (Phi) is 1.94. The molecule has 1 aliphatic carbocycles. The minimum atomic E-state index is -0.219. The highest BCUT2D eigenvalue weighted by atomic mass is 16.5. The van der Waals surface area contributed by atoms with Crippen LogP contribution >= 0.6 is 0 Å². The maximum atomic E-state index is 11.4. The number of fused-ring (bicyclic) bond motifs is 1. The normalized spacial score (nSPS) is 19.4. The monoisotopic (exact) mass is 195 g/mol. The lowest BCUT2D eigenvalue weighted by atomic mass is 10.0. The number of esters is 1. The Morgan fingerprint density at radius 2 is 2.43 bits per heavy atom. The van der Waals surface area contributed by atoms with Gasteiger partial charge in [-0.3, -0.25) is 9.48 Å². The van der Waals surface area contributed by atoms with Gasteiger partial charge in [0.05, 0.1) is 18.7 Å². The number of carbonyl (C=O) groups excluding carboxylic acids is 1. The van der Waals surface area contributed by atoms with Crippen LogP contribution < -0.4 is 5.73 Å². The van der Waals surface area contributed by atoms with Crippen molar-refractivity contribution >= 4 is 11.8 Å². The smallest absolute Gasteiger partial charge is 0.313 e. The maximum absolute atomic E-state index is 11.4. The number of aromatic nitrogens is 2. The zero-order valence-corrected chi connectivity index (χ0v) is 8.28. The van der Waals surface area contributed by atoms with Gasteiger partial charge >= 0.3 is 5.97 Å². The molecule has 0 radical (unpaired) electrons. The minimum absolute atomic E-state index is 0.219. The third kappa shape index (κ3) is 1.08. The predicted molar refractivity (Wildman–Crippen MR) is 50.7 cm³/mol. The highest BCUT2D eigenvalue weighted by molar-refractivity contribution is 5.81. The van der Waals surface area contributed by atoms with E-state index < -0.39 is 0 Å². The molecular weight excluding hydrogens is 182 g/mol. The molecule has 1 atom stereocenters. The minimum Gasteiger partial charge on any atom is -0.469 e. The Labute approximate surface area is 81.8 Å². The number of nitrogens with zero attached hydrogens (tertiary/aromatic N) is 2. The van der Waals surface area contributed by atoms with Gasteiger partial charge in [-0.05, 0) is 12.8 Å². The lowest BCUT2D eigenvalue weighted by molar-refractivity contribution is -0.142. The second-order valence-corrected chi connectivity index (χ2v) is 3.48. The number of anilines is 1. The van der Waals surface area contributed by atoms with Gasteiger partial charge in [-0.15, -0.1) is 0 Å². The molecule has 0 fully saturated rings. The number of ether oxygens (including phenoxy) is 1. The van der Waals surface area contributed by atoms with Crippen LogP contribution in [0.3, 0.4) is 0 Å². The molecule has 0 aliphatic heterocycles. The van der Waals surface area contributed by atoms with E-state index in [4.69, 9.17) is 10.5 Å². The van der Waals surface area contributed by atoms with Gasteiger partial charge in [-0.1, -0.05) is 0 Å². The van der Waals surface area contributed by atoms with Crippen LogP contribution in [0.1, 0.15) is 23.6 Å². The molecule has 2 N–H and O–H groups in total. The molecular formula is C9H13N3O2. The quantitative estimate of drug-likeness (QED) is 0.650. The molecule has 2 rings (SSSR count). The zero-order valence-electron chi connectivity index (χ0n) is 8.28. The van der Waals surface area contributed by atoms with E-state index >= 15 is 0 Å². The van der Waals surface area contributed by atoms with Crippen molar-refractivity contribution in [2.75, 3.05) is 12.8 Å². The Hall–Kier alpha value is -1.52. The lowest BCUT2D eigenvalue weighted by Gasteiger charge is -2.08. The molecule has 5 heteroatoms. The van der Waals surface area contributed by atoms with Crippen LogP contribution in [0.25, 0.3) is 0 Å². The highest BCUT2D eigenvalue weighted by Crippen LogP contribution is 2.36. The Bertz CT molecular complexity index is 384. The number of nitrogens with two attached hydrogens (primary N) is 1. The van der Waals surface area contributed by atoms with Gasteiger partial charge in [0.15, 0.2) is 0 Å². The molecule has 14 heavy (non-hydrogen) atoms. The summed E-state index contributed by atoms with van der Waals surface area (Å²) in [7, 11) is 3.18. The van der Waals surface area contributed by atoms with Crippen molar-refractivity contribution in [3.8, 4) is 0 Å². The molecule has 1 unspecified atom stereocenters. The first kappa shape index (κ1) is 9.05. The molecule has 1 heterocycles. The van der Waals surface area contributed by atoms with E-state index in [-0.39, 0.29) is 11.9 Å². The fraction of sp³-hybridized carbons (Fsp3) is 0.556. The van der Waals surface area contributed by atoms with E-state index in [9.17, 15) is 4.79 Å². The van der Waals surface area contributed by atoms with Crippen LogP contribution in [-0.2, 0) is 23.0 Å². The van der Waals surface area contributed by atoms with Crippen LogP contribution in [0.5, 0.6) is 0 Å². The fourth-order valence-electron chi connectivity index (χ4n) is 1.98. The van der Waals surface area contributed by atoms with Gasteiger partial charge in [0.25, 0.3) is 0 Å². The fourth-order valence-corrected chi connectivity index (χ4v) is 1.98. The first-order valence-corrected chi connectivity index (χ1v) is 4.54. The van der Waals surface area contributed by atoms with Gasteiger partial charge in [0, 0.05) is 12.6 Å². The summed E-state index contributed by atoms with van der Waals surface area (Å²) >= 11 is 0. The van der Waals surface area contributed by atoms with E-state index in [1.807, 2.05) is 0 Å². The number of hydrogen-bond donors (Lipinski definition) is 1. The van der Waals surface area contributed by atoms with Crippen LogP contribution in [0.15, 0.2) is 0 Å². The Balaban J connectivity index is 2.42. The van der Waals surface area contributed by atoms with Crippen molar-refractivity contribution < 1.29 is 9.53 Å². The number of nitrogen functional groups attached to an aromatic ring is 1. The van der Waals surface area contributed by atoms with Gasteiger partial charge in [-0.2, -0.15) is 5.10 Å². The largest absolute Gasteiger partial charge is 0.469 e. The van der Waals surface area contributed by atoms with Gasteiger partial charge in [0.1, 0.15) is 5.82 Å². The summed E-state index contributed by atoms with van der Waals surface area (Å²) in [4.78, 5) is 11.4. The van der Waals surface area contributed by atoms with E-state index in [2.05, 4.69) is 5.10 Å². The SMILES string of the molecule is COC(=O)C1CCc2nn(C)c(N)c21. The third-order valence-electron chi connectivity index (χ3n) is 2.71. The van der Waals surface area contributed by atoms with Crippen molar-refractivity contribution in [2.45, 2.75) is 18.8 Å². The topological polar surface area (TPSA) is 70.1 Å². The van der Waals surface area contributed by atoms with Crippen LogP contribution in [0, 0.1) is 0 Å². The third-order valence-corrected chi connectivity index (χ3v) is 2.71. The summed E-state index contributed by atoms with van der Waals surface area (Å²) in [6.45, 7) is 0. The van der Waals surface area contributed by atoms with Gasteiger partial charge < -0.3 is 10.5 Å². The zero-order chi connectivity index (χ0) is 10.3. The molecule has 0 saturated heterocycles. The van der Waals surface area contributed by atoms with Crippen LogP contribution in [0.2, 0.25) is 0 Å². The van der Waals surface area contributed by atoms with Crippen molar-refractivity contribution in [2.24, 2.45) is 7.05 Å². The van der Waals surface area contributed by atoms with Crippen molar-refractivity contribution in [3.05, 3.63) is 11.3 Å². The molecule has 1 aliphatic rings. The summed E-state index contributed by atoms with van der Waals surface area (Å²) in [6, 6.07) is 0. The summed E-state index contributed by atoms with van der Waals surface area (Å²) in [6.07, 6.45) is 1.57. The highest BCUT2D eigenvalue weighted by Gasteiger charge is 2.34. The average molecular weight is 195 g/mol. The van der Waals surface area contributed by atoms with Crippen LogP contribution in [0.4, 0.5) is 5.82 Å². The number of carbonyl (C=O) groups is 1. The first-order valence-electron chi connectivity index (χ1n) is 4.54. The summed E-state index contributed by atoms with van der Waals surface area (Å²) in [5, 5.41) is 4.24. The average Bonchev–Trinajstić information content (AvgIpc) is 2.68. The summed E-state index contributed by atoms with van der Waals surface area (Å²) < 4.78 is 6.33. The molecule has 0 spiro atoms. The van der Waals surface area contributed by atoms with Crippen molar-refractivity contribution in [3.63, 3.8) is 0 Å². The number of methoxy groups -OCH3 is 1. The van der Waals surface area contributed by atoms with E-state index in [0.29, 0.717) is 5.82 Å². The van der Waals surface area contributed by atoms with Crippen molar-refractivity contribution in [1.82, 2.24) is 9.78 Å². The maximum Gasteiger partial charge on any atom is 0.313 e. The summed E-state index contributed by atoms with van der Waals surface area (Å²) in [5.41, 5.74) is 7.62. The number of rotatable bonds is 1. The molecule has 5 nitrogen and oxygen atoms in total. The van der Waals surface area contributed by atoms with E-state index in [0.717, 1.165) is 24.1 Å². The number of hydrogen-bond acceptors (Lipinski definition) is 4. The van der Waals surface area contributed by atoms with Gasteiger partial charge in [-0.25, -0.2) is 0 Å². The Morgan fingerprint density at radius 3 is 3.07 bits per heavy atom. The molecule has 0 amide bonds.